The van der Waals surface area contributed by atoms with E-state index < -0.39 is 45.2 Å². The lowest BCUT2D eigenvalue weighted by atomic mass is 9.56. The highest BCUT2D eigenvalue weighted by molar-refractivity contribution is 14.1. The van der Waals surface area contributed by atoms with Crippen molar-refractivity contribution < 1.29 is 24.3 Å². The van der Waals surface area contributed by atoms with Gasteiger partial charge in [0.05, 0.1) is 17.5 Å². The zero-order valence-electron chi connectivity index (χ0n) is 21.7. The Morgan fingerprint density at radius 1 is 0.902 bits per heavy atom. The maximum absolute atomic E-state index is 14.1. The summed E-state index contributed by atoms with van der Waals surface area (Å²) in [5, 5.41) is 12.9. The van der Waals surface area contributed by atoms with Crippen molar-refractivity contribution in [2.45, 2.75) is 28.5 Å². The normalized spacial score (nSPS) is 32.7. The van der Waals surface area contributed by atoms with Crippen LogP contribution in [-0.4, -0.2) is 50.4 Å². The Labute approximate surface area is 259 Å². The maximum atomic E-state index is 14.1. The Morgan fingerprint density at radius 2 is 1.61 bits per heavy atom. The highest BCUT2D eigenvalue weighted by Gasteiger charge is 2.76. The number of phenols is 1. The molecule has 0 aromatic heterocycles. The smallest absolute Gasteiger partial charge is 0.253 e. The number of amides is 4. The van der Waals surface area contributed by atoms with Crippen LogP contribution in [0.25, 0.3) is 10.8 Å². The zero-order chi connectivity index (χ0) is 29.0. The summed E-state index contributed by atoms with van der Waals surface area (Å²) < 4.78 is 0.966. The van der Waals surface area contributed by atoms with E-state index in [1.54, 1.807) is 30.3 Å². The highest BCUT2D eigenvalue weighted by Crippen LogP contribution is 2.66. The minimum absolute atomic E-state index is 0.0695. The summed E-state index contributed by atoms with van der Waals surface area (Å²) in [6.07, 6.45) is 2.03. The predicted octanol–water partition coefficient (Wildman–Crippen LogP) is 5.34. The molecule has 10 heteroatoms. The van der Waals surface area contributed by atoms with E-state index in [0.717, 1.165) is 13.9 Å². The fourth-order valence-electron chi connectivity index (χ4n) is 7.44. The molecule has 3 aromatic rings. The van der Waals surface area contributed by atoms with Crippen LogP contribution in [0.4, 0.5) is 5.69 Å². The van der Waals surface area contributed by atoms with E-state index in [2.05, 4.69) is 22.6 Å². The van der Waals surface area contributed by atoms with Crippen LogP contribution in [0.2, 0.25) is 0 Å². The minimum Gasteiger partial charge on any atom is -0.507 e. The molecule has 3 aromatic carbocycles. The fourth-order valence-corrected chi connectivity index (χ4v) is 8.81. The van der Waals surface area contributed by atoms with Gasteiger partial charge in [-0.2, -0.15) is 0 Å². The van der Waals surface area contributed by atoms with E-state index in [1.807, 2.05) is 36.4 Å². The third kappa shape index (κ3) is 3.38. The summed E-state index contributed by atoms with van der Waals surface area (Å²) in [6.45, 7) is 0. The zero-order valence-corrected chi connectivity index (χ0v) is 25.4. The molecule has 3 fully saturated rings. The van der Waals surface area contributed by atoms with Gasteiger partial charge in [0.25, 0.3) is 11.8 Å². The molecular weight excluding hydrogens is 678 g/mol. The second-order valence-electron chi connectivity index (χ2n) is 11.2. The largest absolute Gasteiger partial charge is 0.507 e. The SMILES string of the molecule is CN1C(=O)C2(Cl)CC3C(=CCC4C(=O)N(c5ccc(I)cc5)C(=O)C43)C(c3ccc4ccccc4c3O)C2(Cl)C1=O. The number of benzene rings is 3. The molecule has 4 amide bonds. The van der Waals surface area contributed by atoms with Crippen LogP contribution < -0.4 is 4.90 Å². The van der Waals surface area contributed by atoms with Gasteiger partial charge in [0.1, 0.15) is 5.75 Å². The van der Waals surface area contributed by atoms with Crippen LogP contribution in [0.1, 0.15) is 24.3 Å². The summed E-state index contributed by atoms with van der Waals surface area (Å²) in [4.78, 5) is 53.4. The lowest BCUT2D eigenvalue weighted by Crippen LogP contribution is -2.60. The number of nitrogens with zero attached hydrogens (tertiary/aromatic N) is 2. The number of halogens is 3. The van der Waals surface area contributed by atoms with Crippen molar-refractivity contribution in [2.24, 2.45) is 17.8 Å². The van der Waals surface area contributed by atoms with Crippen LogP contribution in [0.5, 0.6) is 5.75 Å². The molecular formula is C31H23Cl2IN2O5. The molecule has 4 aliphatic rings. The number of rotatable bonds is 2. The molecule has 2 heterocycles. The summed E-state index contributed by atoms with van der Waals surface area (Å²) in [5.41, 5.74) is 1.47. The van der Waals surface area contributed by atoms with Crippen molar-refractivity contribution >= 4 is 85.9 Å². The van der Waals surface area contributed by atoms with E-state index in [4.69, 9.17) is 23.2 Å². The molecule has 2 aliphatic carbocycles. The quantitative estimate of drug-likeness (QED) is 0.169. The van der Waals surface area contributed by atoms with E-state index in [0.29, 0.717) is 22.2 Å². The summed E-state index contributed by atoms with van der Waals surface area (Å²) in [6, 6.07) is 17.9. The van der Waals surface area contributed by atoms with Gasteiger partial charge in [0.15, 0.2) is 9.75 Å². The van der Waals surface area contributed by atoms with Gasteiger partial charge in [0, 0.05) is 27.5 Å². The van der Waals surface area contributed by atoms with Crippen molar-refractivity contribution in [3.05, 3.63) is 81.4 Å². The van der Waals surface area contributed by atoms with Crippen molar-refractivity contribution in [3.63, 3.8) is 0 Å². The molecule has 0 spiro atoms. The topological polar surface area (TPSA) is 95.0 Å². The number of hydrogen-bond donors (Lipinski definition) is 1. The first-order chi connectivity index (χ1) is 19.5. The van der Waals surface area contributed by atoms with Crippen molar-refractivity contribution in [2.75, 3.05) is 11.9 Å². The highest BCUT2D eigenvalue weighted by atomic mass is 127. The Morgan fingerprint density at radius 3 is 2.34 bits per heavy atom. The third-order valence-electron chi connectivity index (χ3n) is 9.34. The van der Waals surface area contributed by atoms with E-state index in [9.17, 15) is 24.3 Å². The summed E-state index contributed by atoms with van der Waals surface area (Å²) in [5.74, 6) is -5.16. The summed E-state index contributed by atoms with van der Waals surface area (Å²) in [7, 11) is 1.35. The Kier molecular flexibility index (Phi) is 5.92. The van der Waals surface area contributed by atoms with Crippen LogP contribution >= 0.6 is 45.8 Å². The average Bonchev–Trinajstić information content (AvgIpc) is 3.29. The van der Waals surface area contributed by atoms with E-state index >= 15 is 0 Å². The Hall–Kier alpha value is -2.95. The molecule has 1 N–H and O–H groups in total. The van der Waals surface area contributed by atoms with Crippen LogP contribution in [0.3, 0.4) is 0 Å². The number of carbonyl (C=O) groups is 4. The van der Waals surface area contributed by atoms with Gasteiger partial charge in [-0.05, 0) is 71.0 Å². The number of carbonyl (C=O) groups excluding carboxylic acids is 4. The number of fused-ring (bicyclic) bond motifs is 5. The fraction of sp³-hybridized carbons (Fsp3) is 0.290. The second-order valence-corrected chi connectivity index (χ2v) is 13.7. The molecule has 0 radical (unpaired) electrons. The van der Waals surface area contributed by atoms with Gasteiger partial charge in [0.2, 0.25) is 11.8 Å². The van der Waals surface area contributed by atoms with Gasteiger partial charge in [-0.3, -0.25) is 29.0 Å². The molecule has 41 heavy (non-hydrogen) atoms. The number of allylic oxidation sites excluding steroid dienone is 2. The van der Waals surface area contributed by atoms with Crippen LogP contribution in [-0.2, 0) is 19.2 Å². The molecule has 1 saturated carbocycles. The molecule has 208 valence electrons. The number of likely N-dealkylation sites (tertiary alicyclic amines) is 1. The lowest BCUT2D eigenvalue weighted by Gasteiger charge is -2.50. The van der Waals surface area contributed by atoms with Gasteiger partial charge >= 0.3 is 0 Å². The molecule has 0 bridgehead atoms. The maximum Gasteiger partial charge on any atom is 0.253 e. The first-order valence-electron chi connectivity index (χ1n) is 13.2. The Bertz CT molecular complexity index is 1740. The Balaban J connectivity index is 1.42. The summed E-state index contributed by atoms with van der Waals surface area (Å²) >= 11 is 16.6. The van der Waals surface area contributed by atoms with Crippen molar-refractivity contribution in [3.8, 4) is 5.75 Å². The molecule has 6 atom stereocenters. The molecule has 6 unspecified atom stereocenters. The van der Waals surface area contributed by atoms with Crippen LogP contribution in [0, 0.1) is 21.3 Å². The number of hydrogen-bond acceptors (Lipinski definition) is 5. The third-order valence-corrected chi connectivity index (χ3v) is 11.5. The predicted molar refractivity (Wildman–Crippen MR) is 163 cm³/mol. The lowest BCUT2D eigenvalue weighted by molar-refractivity contribution is -0.138. The van der Waals surface area contributed by atoms with Crippen molar-refractivity contribution in [1.82, 2.24) is 4.90 Å². The minimum atomic E-state index is -1.95. The monoisotopic (exact) mass is 700 g/mol. The standard InChI is InChI=1S/C31H23Cl2IN2O5/c1-35-28(40)30(32)14-22-19(12-13-20-23(22)27(39)36(26(20)38)17-9-7-16(34)8-10-17)24(31(30,33)29(35)41)21-11-6-15-4-2-3-5-18(15)25(21)37/h2-12,20,22-24,37H,13-14H2,1H3. The number of alkyl halides is 2. The molecule has 7 rings (SSSR count). The number of imide groups is 2. The van der Waals surface area contributed by atoms with Gasteiger partial charge < -0.3 is 5.11 Å². The van der Waals surface area contributed by atoms with Gasteiger partial charge in [-0.1, -0.05) is 48.0 Å². The average molecular weight is 701 g/mol. The van der Waals surface area contributed by atoms with E-state index in [1.165, 1.54) is 11.9 Å². The molecule has 2 aliphatic heterocycles. The number of aromatic hydroxyl groups is 1. The number of phenolic OH excluding ortho intramolecular Hbond substituents is 1. The van der Waals surface area contributed by atoms with Crippen LogP contribution in [0.15, 0.2) is 72.3 Å². The van der Waals surface area contributed by atoms with E-state index in [-0.39, 0.29) is 30.4 Å². The first-order valence-corrected chi connectivity index (χ1v) is 15.1. The van der Waals surface area contributed by atoms with Gasteiger partial charge in [-0.15, -0.1) is 23.2 Å². The first kappa shape index (κ1) is 26.9. The van der Waals surface area contributed by atoms with Gasteiger partial charge in [-0.25, -0.2) is 0 Å². The molecule has 2 saturated heterocycles. The van der Waals surface area contributed by atoms with Crippen molar-refractivity contribution in [1.29, 1.82) is 0 Å². The molecule has 7 nitrogen and oxygen atoms in total. The second kappa shape index (κ2) is 9.02. The number of anilines is 1.